The monoisotopic (exact) mass is 882 g/mol. The highest BCUT2D eigenvalue weighted by molar-refractivity contribution is 6.10. The topological polar surface area (TPSA) is 6.48 Å². The van der Waals surface area contributed by atoms with Crippen LogP contribution in [-0.2, 0) is 5.41 Å². The second-order valence-corrected chi connectivity index (χ2v) is 18.5. The normalized spacial score (nSPS) is 12.3. The van der Waals surface area contributed by atoms with E-state index in [0.29, 0.717) is 0 Å². The fraction of sp³-hybridized carbons (Fsp3) is 0.0448. The van der Waals surface area contributed by atoms with E-state index in [0.717, 1.165) is 28.4 Å². The van der Waals surface area contributed by atoms with Crippen LogP contribution in [0.25, 0.3) is 66.4 Å². The summed E-state index contributed by atoms with van der Waals surface area (Å²) in [4.78, 5) is 4.91. The van der Waals surface area contributed by atoms with Gasteiger partial charge >= 0.3 is 0 Å². The minimum absolute atomic E-state index is 0.320. The number of fused-ring (bicyclic) bond motifs is 4. The third-order valence-electron chi connectivity index (χ3n) is 14.1. The van der Waals surface area contributed by atoms with Crippen LogP contribution < -0.4 is 9.80 Å². The first-order valence-corrected chi connectivity index (χ1v) is 23.9. The number of benzene rings is 11. The Morgan fingerprint density at radius 1 is 0.275 bits per heavy atom. The summed E-state index contributed by atoms with van der Waals surface area (Å²) in [5.74, 6) is 0. The number of anilines is 6. The number of hydrogen-bond acceptors (Lipinski definition) is 2. The van der Waals surface area contributed by atoms with Gasteiger partial charge in [-0.2, -0.15) is 0 Å². The van der Waals surface area contributed by atoms with Gasteiger partial charge in [-0.25, -0.2) is 0 Å². The van der Waals surface area contributed by atoms with E-state index in [4.69, 9.17) is 0 Å². The Labute approximate surface area is 405 Å². The molecule has 0 amide bonds. The molecule has 11 aromatic rings. The zero-order chi connectivity index (χ0) is 46.3. The maximum absolute atomic E-state index is 2.50. The van der Waals surface area contributed by atoms with Gasteiger partial charge < -0.3 is 9.80 Å². The Morgan fingerprint density at radius 2 is 0.609 bits per heavy atom. The largest absolute Gasteiger partial charge is 0.310 e. The molecule has 1 aliphatic rings. The zero-order valence-corrected chi connectivity index (χ0v) is 38.8. The van der Waals surface area contributed by atoms with Crippen molar-refractivity contribution in [2.75, 3.05) is 9.80 Å². The second kappa shape index (κ2) is 17.5. The molecular weight excluding hydrogens is 833 g/mol. The maximum atomic E-state index is 2.50. The third kappa shape index (κ3) is 7.67. The van der Waals surface area contributed by atoms with Gasteiger partial charge in [-0.05, 0) is 133 Å². The second-order valence-electron chi connectivity index (χ2n) is 18.5. The van der Waals surface area contributed by atoms with E-state index in [9.17, 15) is 0 Å². The molecule has 328 valence electrons. The lowest BCUT2D eigenvalue weighted by atomic mass is 9.81. The van der Waals surface area contributed by atoms with Crippen LogP contribution in [0.5, 0.6) is 0 Å². The molecule has 0 radical (unpaired) electrons. The Kier molecular flexibility index (Phi) is 10.6. The van der Waals surface area contributed by atoms with Gasteiger partial charge in [0.15, 0.2) is 0 Å². The molecule has 0 unspecified atom stereocenters. The van der Waals surface area contributed by atoms with E-state index < -0.39 is 0 Å². The van der Waals surface area contributed by atoms with E-state index in [1.807, 2.05) is 0 Å². The van der Waals surface area contributed by atoms with E-state index >= 15 is 0 Å². The summed E-state index contributed by atoms with van der Waals surface area (Å²) >= 11 is 0. The van der Waals surface area contributed by atoms with Crippen molar-refractivity contribution in [2.24, 2.45) is 0 Å². The van der Waals surface area contributed by atoms with E-state index in [1.165, 1.54) is 83.2 Å². The van der Waals surface area contributed by atoms with Crippen molar-refractivity contribution in [1.82, 2.24) is 0 Å². The van der Waals surface area contributed by atoms with Gasteiger partial charge in [-0.3, -0.25) is 0 Å². The number of nitrogens with zero attached hydrogens (tertiary/aromatic N) is 2. The molecule has 0 N–H and O–H groups in total. The van der Waals surface area contributed by atoms with Crippen molar-refractivity contribution < 1.29 is 0 Å². The SMILES string of the molecule is CC1(C)c2cc(N(c3ccc(-c4ccccc4)cc3)c3ccc(-c4ccccc4)cc3)ccc2-c2c1cc1ccccc1c2N(c1ccc(-c2ccccc2)cc1)c1ccc(-c2ccccc2)cc1. The lowest BCUT2D eigenvalue weighted by Crippen LogP contribution is -2.17. The van der Waals surface area contributed by atoms with E-state index in [2.05, 4.69) is 291 Å². The van der Waals surface area contributed by atoms with Gasteiger partial charge in [0.2, 0.25) is 0 Å². The summed E-state index contributed by atoms with van der Waals surface area (Å²) in [6, 6.07) is 97.3. The quantitative estimate of drug-likeness (QED) is 0.135. The van der Waals surface area contributed by atoms with Crippen LogP contribution in [0.4, 0.5) is 34.1 Å². The first-order chi connectivity index (χ1) is 34.0. The highest BCUT2D eigenvalue weighted by atomic mass is 15.2. The van der Waals surface area contributed by atoms with Crippen molar-refractivity contribution in [1.29, 1.82) is 0 Å². The highest BCUT2D eigenvalue weighted by Crippen LogP contribution is 2.58. The molecule has 0 heterocycles. The Hall–Kier alpha value is -8.72. The average Bonchev–Trinajstić information content (AvgIpc) is 3.64. The molecule has 0 aromatic heterocycles. The van der Waals surface area contributed by atoms with Gasteiger partial charge in [0.25, 0.3) is 0 Å². The minimum Gasteiger partial charge on any atom is -0.310 e. The molecule has 0 saturated carbocycles. The van der Waals surface area contributed by atoms with Crippen molar-refractivity contribution >= 4 is 44.9 Å². The van der Waals surface area contributed by atoms with E-state index in [1.54, 1.807) is 0 Å². The standard InChI is InChI=1S/C67H50N2/c1-67(2)63-46-60(68(56-35-27-51(28-36-56)47-17-7-3-8-18-47)57-37-29-52(30-38-57)48-19-9-4-10-20-48)43-44-62(63)65-64(67)45-55-25-15-16-26-61(55)66(65)69(58-39-31-53(32-40-58)49-21-11-5-12-22-49)59-41-33-54(34-42-59)50-23-13-6-14-24-50/h3-46H,1-2H3. The van der Waals surface area contributed by atoms with Crippen molar-refractivity contribution in [3.05, 3.63) is 278 Å². The third-order valence-corrected chi connectivity index (χ3v) is 14.1. The van der Waals surface area contributed by atoms with Crippen LogP contribution in [0, 0.1) is 0 Å². The summed E-state index contributed by atoms with van der Waals surface area (Å²) < 4.78 is 0. The fourth-order valence-corrected chi connectivity index (χ4v) is 10.5. The zero-order valence-electron chi connectivity index (χ0n) is 38.8. The Morgan fingerprint density at radius 3 is 1.01 bits per heavy atom. The minimum atomic E-state index is -0.320. The smallest absolute Gasteiger partial charge is 0.0621 e. The van der Waals surface area contributed by atoms with Crippen LogP contribution in [-0.4, -0.2) is 0 Å². The molecule has 2 nitrogen and oxygen atoms in total. The molecule has 0 fully saturated rings. The molecule has 12 rings (SSSR count). The molecule has 0 aliphatic heterocycles. The van der Waals surface area contributed by atoms with Crippen LogP contribution in [0.2, 0.25) is 0 Å². The summed E-state index contributed by atoms with van der Waals surface area (Å²) in [6.45, 7) is 4.81. The van der Waals surface area contributed by atoms with Gasteiger partial charge in [-0.1, -0.05) is 214 Å². The molecule has 0 atom stereocenters. The fourth-order valence-electron chi connectivity index (χ4n) is 10.5. The predicted molar refractivity (Wildman–Crippen MR) is 293 cm³/mol. The molecule has 1 aliphatic carbocycles. The molecular formula is C67H50N2. The van der Waals surface area contributed by atoms with Crippen molar-refractivity contribution in [2.45, 2.75) is 19.3 Å². The summed E-state index contributed by atoms with van der Waals surface area (Å²) in [6.07, 6.45) is 0. The van der Waals surface area contributed by atoms with Crippen LogP contribution in [0.1, 0.15) is 25.0 Å². The first kappa shape index (κ1) is 41.7. The summed E-state index contributed by atoms with van der Waals surface area (Å²) in [5.41, 5.74) is 21.1. The van der Waals surface area contributed by atoms with Gasteiger partial charge in [-0.15, -0.1) is 0 Å². The molecule has 0 saturated heterocycles. The molecule has 0 spiro atoms. The summed E-state index contributed by atoms with van der Waals surface area (Å²) in [7, 11) is 0. The van der Waals surface area contributed by atoms with Crippen LogP contribution in [0.15, 0.2) is 267 Å². The van der Waals surface area contributed by atoms with Gasteiger partial charge in [0.1, 0.15) is 0 Å². The molecule has 0 bridgehead atoms. The van der Waals surface area contributed by atoms with Gasteiger partial charge in [0, 0.05) is 44.8 Å². The lowest BCUT2D eigenvalue weighted by Gasteiger charge is -2.31. The number of rotatable bonds is 10. The lowest BCUT2D eigenvalue weighted by molar-refractivity contribution is 0.661. The predicted octanol–water partition coefficient (Wildman–Crippen LogP) is 18.8. The van der Waals surface area contributed by atoms with E-state index in [-0.39, 0.29) is 5.41 Å². The molecule has 2 heteroatoms. The van der Waals surface area contributed by atoms with Crippen LogP contribution in [0.3, 0.4) is 0 Å². The average molecular weight is 883 g/mol. The Bertz CT molecular complexity index is 3400. The van der Waals surface area contributed by atoms with Crippen molar-refractivity contribution in [3.63, 3.8) is 0 Å². The molecule has 69 heavy (non-hydrogen) atoms. The summed E-state index contributed by atoms with van der Waals surface area (Å²) in [5, 5.41) is 2.43. The Balaban J connectivity index is 1.03. The van der Waals surface area contributed by atoms with Crippen LogP contribution >= 0.6 is 0 Å². The first-order valence-electron chi connectivity index (χ1n) is 23.9. The highest BCUT2D eigenvalue weighted by Gasteiger charge is 2.40. The number of hydrogen-bond donors (Lipinski definition) is 0. The molecule has 11 aromatic carbocycles. The maximum Gasteiger partial charge on any atom is 0.0621 e. The van der Waals surface area contributed by atoms with Crippen molar-refractivity contribution in [3.8, 4) is 55.6 Å². The van der Waals surface area contributed by atoms with Gasteiger partial charge in [0.05, 0.1) is 5.69 Å².